The minimum atomic E-state index is -0.822. The SMILES string of the molecule is C=CC(N)c1c(F)ccc(Br)c1F. The van der Waals surface area contributed by atoms with E-state index in [0.29, 0.717) is 0 Å². The Morgan fingerprint density at radius 2 is 2.08 bits per heavy atom. The average molecular weight is 248 g/mol. The van der Waals surface area contributed by atoms with E-state index in [0.717, 1.165) is 6.07 Å². The van der Waals surface area contributed by atoms with Gasteiger partial charge in [-0.1, -0.05) is 6.08 Å². The highest BCUT2D eigenvalue weighted by molar-refractivity contribution is 9.10. The van der Waals surface area contributed by atoms with Gasteiger partial charge in [0.1, 0.15) is 11.6 Å². The van der Waals surface area contributed by atoms with Gasteiger partial charge in [0, 0.05) is 5.56 Å². The Labute approximate surface area is 83.4 Å². The van der Waals surface area contributed by atoms with Crippen molar-refractivity contribution >= 4 is 15.9 Å². The molecule has 1 atom stereocenters. The Bertz CT molecular complexity index is 339. The van der Waals surface area contributed by atoms with Crippen LogP contribution in [0.3, 0.4) is 0 Å². The number of halogens is 3. The zero-order valence-electron chi connectivity index (χ0n) is 6.73. The van der Waals surface area contributed by atoms with E-state index in [-0.39, 0.29) is 10.0 Å². The number of nitrogens with two attached hydrogens (primary N) is 1. The van der Waals surface area contributed by atoms with E-state index >= 15 is 0 Å². The summed E-state index contributed by atoms with van der Waals surface area (Å²) < 4.78 is 26.6. The van der Waals surface area contributed by atoms with Crippen LogP contribution in [0.2, 0.25) is 0 Å². The molecule has 1 aromatic rings. The first-order valence-electron chi connectivity index (χ1n) is 3.59. The largest absolute Gasteiger partial charge is 0.321 e. The lowest BCUT2D eigenvalue weighted by Crippen LogP contribution is -2.11. The minimum absolute atomic E-state index is 0.163. The van der Waals surface area contributed by atoms with Crippen molar-refractivity contribution < 1.29 is 8.78 Å². The lowest BCUT2D eigenvalue weighted by molar-refractivity contribution is 0.542. The van der Waals surface area contributed by atoms with Gasteiger partial charge in [0.2, 0.25) is 0 Å². The Morgan fingerprint density at radius 3 is 2.62 bits per heavy atom. The second-order valence-corrected chi connectivity index (χ2v) is 3.37. The molecule has 0 spiro atoms. The van der Waals surface area contributed by atoms with Crippen LogP contribution in [-0.2, 0) is 0 Å². The maximum Gasteiger partial charge on any atom is 0.145 e. The fourth-order valence-corrected chi connectivity index (χ4v) is 1.31. The molecule has 0 aromatic heterocycles. The lowest BCUT2D eigenvalue weighted by Gasteiger charge is -2.09. The third-order valence-electron chi connectivity index (χ3n) is 1.67. The summed E-state index contributed by atoms with van der Waals surface area (Å²) in [6, 6.07) is 1.63. The van der Waals surface area contributed by atoms with Gasteiger partial charge in [-0.2, -0.15) is 0 Å². The van der Waals surface area contributed by atoms with Crippen LogP contribution in [0, 0.1) is 11.6 Å². The summed E-state index contributed by atoms with van der Waals surface area (Å²) in [6.07, 6.45) is 1.29. The van der Waals surface area contributed by atoms with E-state index < -0.39 is 17.7 Å². The van der Waals surface area contributed by atoms with Crippen LogP contribution < -0.4 is 5.73 Å². The molecule has 0 saturated heterocycles. The van der Waals surface area contributed by atoms with Gasteiger partial charge in [0.25, 0.3) is 0 Å². The molecule has 0 fully saturated rings. The van der Waals surface area contributed by atoms with Gasteiger partial charge in [0.15, 0.2) is 0 Å². The summed E-state index contributed by atoms with van der Waals surface area (Å²) in [6.45, 7) is 3.38. The van der Waals surface area contributed by atoms with Gasteiger partial charge in [-0.15, -0.1) is 6.58 Å². The van der Waals surface area contributed by atoms with Crippen molar-refractivity contribution in [3.8, 4) is 0 Å². The summed E-state index contributed by atoms with van der Waals surface area (Å²) in [5.41, 5.74) is 5.28. The second kappa shape index (κ2) is 3.98. The first-order valence-corrected chi connectivity index (χ1v) is 4.38. The number of benzene rings is 1. The maximum absolute atomic E-state index is 13.3. The van der Waals surface area contributed by atoms with Crippen LogP contribution in [-0.4, -0.2) is 0 Å². The van der Waals surface area contributed by atoms with E-state index in [1.807, 2.05) is 0 Å². The average Bonchev–Trinajstić information content (AvgIpc) is 2.12. The summed E-state index contributed by atoms with van der Waals surface area (Å²) in [5.74, 6) is -1.33. The van der Waals surface area contributed by atoms with E-state index in [4.69, 9.17) is 5.73 Å². The molecule has 0 radical (unpaired) electrons. The Hall–Kier alpha value is -0.740. The molecular weight excluding hydrogens is 240 g/mol. The molecule has 70 valence electrons. The van der Waals surface area contributed by atoms with Crippen molar-refractivity contribution in [2.24, 2.45) is 5.73 Å². The monoisotopic (exact) mass is 247 g/mol. The fraction of sp³-hybridized carbons (Fsp3) is 0.111. The molecule has 0 amide bonds. The van der Waals surface area contributed by atoms with Gasteiger partial charge >= 0.3 is 0 Å². The Kier molecular flexibility index (Phi) is 3.17. The van der Waals surface area contributed by atoms with Crippen molar-refractivity contribution in [1.29, 1.82) is 0 Å². The summed E-state index contributed by atoms with van der Waals surface area (Å²) >= 11 is 2.95. The van der Waals surface area contributed by atoms with Gasteiger partial charge in [0.05, 0.1) is 10.5 Å². The smallest absolute Gasteiger partial charge is 0.145 e. The van der Waals surface area contributed by atoms with Crippen molar-refractivity contribution in [1.82, 2.24) is 0 Å². The topological polar surface area (TPSA) is 26.0 Å². The lowest BCUT2D eigenvalue weighted by atomic mass is 10.1. The zero-order chi connectivity index (χ0) is 10.0. The molecule has 1 nitrogen and oxygen atoms in total. The number of rotatable bonds is 2. The second-order valence-electron chi connectivity index (χ2n) is 2.52. The Balaban J connectivity index is 3.32. The molecule has 13 heavy (non-hydrogen) atoms. The molecule has 2 N–H and O–H groups in total. The van der Waals surface area contributed by atoms with Gasteiger partial charge in [-0.05, 0) is 28.1 Å². The predicted octanol–water partition coefficient (Wildman–Crippen LogP) is 2.91. The molecule has 0 aliphatic carbocycles. The van der Waals surface area contributed by atoms with Gasteiger partial charge < -0.3 is 5.73 Å². The van der Waals surface area contributed by atoms with Crippen LogP contribution in [0.5, 0.6) is 0 Å². The normalized spacial score (nSPS) is 12.6. The predicted molar refractivity (Wildman–Crippen MR) is 51.2 cm³/mol. The van der Waals surface area contributed by atoms with Crippen molar-refractivity contribution in [3.05, 3.63) is 46.5 Å². The highest BCUT2D eigenvalue weighted by Gasteiger charge is 2.16. The fourth-order valence-electron chi connectivity index (χ4n) is 0.966. The summed E-state index contributed by atoms with van der Waals surface area (Å²) in [5, 5.41) is 0. The summed E-state index contributed by atoms with van der Waals surface area (Å²) in [7, 11) is 0. The van der Waals surface area contributed by atoms with Crippen LogP contribution in [0.15, 0.2) is 29.3 Å². The van der Waals surface area contributed by atoms with Crippen molar-refractivity contribution in [2.75, 3.05) is 0 Å². The first-order chi connectivity index (χ1) is 6.07. The van der Waals surface area contributed by atoms with E-state index in [1.54, 1.807) is 0 Å². The molecule has 0 aliphatic rings. The number of hydrogen-bond acceptors (Lipinski definition) is 1. The first kappa shape index (κ1) is 10.3. The molecule has 1 rings (SSSR count). The van der Waals surface area contributed by atoms with Gasteiger partial charge in [-0.25, -0.2) is 8.78 Å². The molecule has 0 saturated carbocycles. The molecule has 1 aromatic carbocycles. The molecule has 0 aliphatic heterocycles. The van der Waals surface area contributed by atoms with E-state index in [9.17, 15) is 8.78 Å². The van der Waals surface area contributed by atoms with Crippen molar-refractivity contribution in [3.63, 3.8) is 0 Å². The Morgan fingerprint density at radius 1 is 1.46 bits per heavy atom. The molecular formula is C9H8BrF2N. The van der Waals surface area contributed by atoms with Crippen LogP contribution in [0.25, 0.3) is 0 Å². The van der Waals surface area contributed by atoms with Crippen LogP contribution in [0.1, 0.15) is 11.6 Å². The van der Waals surface area contributed by atoms with Crippen LogP contribution in [0.4, 0.5) is 8.78 Å². The molecule has 0 heterocycles. The molecule has 4 heteroatoms. The minimum Gasteiger partial charge on any atom is -0.321 e. The highest BCUT2D eigenvalue weighted by atomic mass is 79.9. The quantitative estimate of drug-likeness (QED) is 0.632. The standard InChI is InChI=1S/C9H8BrF2N/c1-2-7(13)8-6(11)4-3-5(10)9(8)12/h2-4,7H,1,13H2. The van der Waals surface area contributed by atoms with Gasteiger partial charge in [-0.3, -0.25) is 0 Å². The third-order valence-corrected chi connectivity index (χ3v) is 2.28. The van der Waals surface area contributed by atoms with Crippen molar-refractivity contribution in [2.45, 2.75) is 6.04 Å². The molecule has 1 unspecified atom stereocenters. The zero-order valence-corrected chi connectivity index (χ0v) is 8.31. The number of hydrogen-bond donors (Lipinski definition) is 1. The summed E-state index contributed by atoms with van der Waals surface area (Å²) in [4.78, 5) is 0. The van der Waals surface area contributed by atoms with Crippen LogP contribution >= 0.6 is 15.9 Å². The van der Waals surface area contributed by atoms with E-state index in [2.05, 4.69) is 22.5 Å². The molecule has 0 bridgehead atoms. The van der Waals surface area contributed by atoms with E-state index in [1.165, 1.54) is 12.1 Å². The third kappa shape index (κ3) is 1.95. The maximum atomic E-state index is 13.3. The highest BCUT2D eigenvalue weighted by Crippen LogP contribution is 2.25.